The van der Waals surface area contributed by atoms with E-state index in [9.17, 15) is 0 Å². The van der Waals surface area contributed by atoms with Gasteiger partial charge in [0.05, 0.1) is 0 Å². The Hall–Kier alpha value is -0.0810. The maximum absolute atomic E-state index is 3.84. The molecule has 2 aromatic carbocycles. The quantitative estimate of drug-likeness (QED) is 0.301. The van der Waals surface area contributed by atoms with Crippen molar-refractivity contribution < 1.29 is 0 Å². The van der Waals surface area contributed by atoms with Crippen LogP contribution in [0.25, 0.3) is 28.2 Å². The van der Waals surface area contributed by atoms with Gasteiger partial charge in [-0.1, -0.05) is 0 Å². The first-order chi connectivity index (χ1) is 9.75. The first-order valence-corrected chi connectivity index (χ1v) is 11.1. The van der Waals surface area contributed by atoms with Crippen molar-refractivity contribution in [2.24, 2.45) is 0 Å². The zero-order valence-electron chi connectivity index (χ0n) is 10.2. The molecule has 0 aliphatic heterocycles. The van der Waals surface area contributed by atoms with Crippen molar-refractivity contribution in [3.8, 4) is 8.87 Å². The minimum absolute atomic E-state index is 0.410. The second-order valence-corrected chi connectivity index (χ2v) is 10.5. The summed E-state index contributed by atoms with van der Waals surface area (Å²) in [6.07, 6.45) is 0. The normalized spacial score (nSPS) is 11.5. The molecule has 0 aliphatic carbocycles. The Morgan fingerprint density at radius 2 is 1.00 bits per heavy atom. The molecule has 2 heterocycles. The summed E-state index contributed by atoms with van der Waals surface area (Å²) >= 11 is 8.49. The number of benzene rings is 2. The number of halogens is 2. The Morgan fingerprint density at radius 3 is 1.40 bits per heavy atom. The van der Waals surface area contributed by atoms with Crippen LogP contribution in [-0.2, 0) is 0 Å². The summed E-state index contributed by atoms with van der Waals surface area (Å²) in [5.74, 6) is 0. The molecule has 0 nitrogen and oxygen atoms in total. The molecule has 0 N–H and O–H groups in total. The van der Waals surface area contributed by atoms with Gasteiger partial charge < -0.3 is 0 Å². The fraction of sp³-hybridized carbons (Fsp3) is 0. The summed E-state index contributed by atoms with van der Waals surface area (Å²) in [5, 5.41) is 2.75. The topological polar surface area (TPSA) is 0 Å². The molecule has 0 amide bonds. The van der Waals surface area contributed by atoms with Gasteiger partial charge in [0.1, 0.15) is 0 Å². The van der Waals surface area contributed by atoms with E-state index in [0.717, 1.165) is 0 Å². The van der Waals surface area contributed by atoms with Crippen LogP contribution < -0.4 is 0 Å². The summed E-state index contributed by atoms with van der Waals surface area (Å²) in [5.41, 5.74) is 0. The minimum atomic E-state index is 0.410. The van der Waals surface area contributed by atoms with Crippen LogP contribution in [0, 0.1) is 0 Å². The number of fused-ring (bicyclic) bond motifs is 2. The first kappa shape index (κ1) is 13.6. The van der Waals surface area contributed by atoms with Gasteiger partial charge in [0, 0.05) is 0 Å². The van der Waals surface area contributed by atoms with Gasteiger partial charge in [-0.25, -0.2) is 0 Å². The van der Waals surface area contributed by atoms with Gasteiger partial charge in [-0.05, 0) is 0 Å². The third kappa shape index (κ3) is 2.06. The van der Waals surface area contributed by atoms with Crippen LogP contribution in [0.2, 0.25) is 0 Å². The molecule has 4 heteroatoms. The molecule has 0 aliphatic rings. The van der Waals surface area contributed by atoms with Crippen LogP contribution in [0.1, 0.15) is 0 Å². The van der Waals surface area contributed by atoms with E-state index in [-0.39, 0.29) is 0 Å². The monoisotopic (exact) mass is 518 g/mol. The summed E-state index contributed by atoms with van der Waals surface area (Å²) in [6.45, 7) is 0. The van der Waals surface area contributed by atoms with Crippen molar-refractivity contribution in [3.05, 3.63) is 57.5 Å². The van der Waals surface area contributed by atoms with E-state index in [0.29, 0.717) is 29.0 Å². The molecular formula is C16H8Br2Se2. The Kier molecular flexibility index (Phi) is 3.58. The fourth-order valence-electron chi connectivity index (χ4n) is 2.32. The summed E-state index contributed by atoms with van der Waals surface area (Å²) in [7, 11) is 0. The average Bonchev–Trinajstić information content (AvgIpc) is 2.98. The van der Waals surface area contributed by atoms with Gasteiger partial charge in [0.15, 0.2) is 0 Å². The predicted octanol–water partition coefficient (Wildman–Crippen LogP) is 5.30. The van der Waals surface area contributed by atoms with Crippen LogP contribution in [0.15, 0.2) is 57.5 Å². The van der Waals surface area contributed by atoms with Gasteiger partial charge in [-0.2, -0.15) is 0 Å². The van der Waals surface area contributed by atoms with E-state index in [1.807, 2.05) is 0 Å². The van der Waals surface area contributed by atoms with Crippen LogP contribution in [0.4, 0.5) is 0 Å². The molecule has 0 bridgehead atoms. The molecule has 0 spiro atoms. The van der Waals surface area contributed by atoms with Crippen molar-refractivity contribution in [3.63, 3.8) is 0 Å². The van der Waals surface area contributed by atoms with Crippen molar-refractivity contribution >= 4 is 80.2 Å². The zero-order valence-corrected chi connectivity index (χ0v) is 16.8. The fourth-order valence-corrected chi connectivity index (χ4v) is 10.7. The Bertz CT molecular complexity index is 856. The predicted molar refractivity (Wildman–Crippen MR) is 96.2 cm³/mol. The first-order valence-electron chi connectivity index (χ1n) is 6.10. The average molecular weight is 518 g/mol. The molecule has 0 unspecified atom stereocenters. The van der Waals surface area contributed by atoms with E-state index in [4.69, 9.17) is 0 Å². The Labute approximate surface area is 145 Å². The molecule has 4 aromatic rings. The molecule has 0 atom stereocenters. The summed E-state index contributed by atoms with van der Waals surface area (Å²) in [6, 6.07) is 17.5. The molecule has 98 valence electrons. The van der Waals surface area contributed by atoms with Gasteiger partial charge in [0.2, 0.25) is 0 Å². The second-order valence-electron chi connectivity index (χ2n) is 4.48. The zero-order chi connectivity index (χ0) is 13.7. The number of hydrogen-bond acceptors (Lipinski definition) is 0. The molecular weight excluding hydrogens is 510 g/mol. The molecule has 0 radical (unpaired) electrons. The number of hydrogen-bond donors (Lipinski definition) is 0. The standard InChI is InChI=1S/C16H8Br2Se2/c17-13-9-5-1-3-7-11(9)19-15(13)16-14(18)10-6-2-4-8-12(10)20-16/h1-8H. The van der Waals surface area contributed by atoms with E-state index in [1.165, 1.54) is 37.1 Å². The van der Waals surface area contributed by atoms with Crippen molar-refractivity contribution in [1.82, 2.24) is 0 Å². The number of rotatable bonds is 1. The molecule has 2 aromatic heterocycles. The van der Waals surface area contributed by atoms with E-state index < -0.39 is 0 Å². The van der Waals surface area contributed by atoms with Crippen molar-refractivity contribution in [2.75, 3.05) is 0 Å². The van der Waals surface area contributed by atoms with Gasteiger partial charge in [-0.3, -0.25) is 0 Å². The summed E-state index contributed by atoms with van der Waals surface area (Å²) < 4.78 is 8.61. The SMILES string of the molecule is Brc1c(-c2[se]c3ccccc3c2Br)[se]c2ccccc12. The van der Waals surface area contributed by atoms with Crippen LogP contribution >= 0.6 is 31.9 Å². The second kappa shape index (κ2) is 5.28. The maximum atomic E-state index is 3.84. The summed E-state index contributed by atoms with van der Waals surface area (Å²) in [4.78, 5) is 0. The van der Waals surface area contributed by atoms with Crippen LogP contribution in [-0.4, -0.2) is 29.0 Å². The van der Waals surface area contributed by atoms with E-state index in [2.05, 4.69) is 80.4 Å². The molecule has 0 saturated heterocycles. The van der Waals surface area contributed by atoms with Gasteiger partial charge >= 0.3 is 147 Å². The molecule has 0 fully saturated rings. The molecule has 20 heavy (non-hydrogen) atoms. The van der Waals surface area contributed by atoms with Gasteiger partial charge in [-0.15, -0.1) is 0 Å². The van der Waals surface area contributed by atoms with Crippen molar-refractivity contribution in [1.29, 1.82) is 0 Å². The van der Waals surface area contributed by atoms with E-state index >= 15 is 0 Å². The Morgan fingerprint density at radius 1 is 0.600 bits per heavy atom. The van der Waals surface area contributed by atoms with Gasteiger partial charge in [0.25, 0.3) is 0 Å². The molecule has 4 rings (SSSR count). The van der Waals surface area contributed by atoms with Crippen LogP contribution in [0.5, 0.6) is 0 Å². The molecule has 0 saturated carbocycles. The van der Waals surface area contributed by atoms with Crippen LogP contribution in [0.3, 0.4) is 0 Å². The third-order valence-corrected chi connectivity index (χ3v) is 11.7. The Balaban J connectivity index is 2.06. The van der Waals surface area contributed by atoms with E-state index in [1.54, 1.807) is 0 Å². The van der Waals surface area contributed by atoms with Crippen molar-refractivity contribution in [2.45, 2.75) is 0 Å². The third-order valence-electron chi connectivity index (χ3n) is 3.28.